The summed E-state index contributed by atoms with van der Waals surface area (Å²) in [6, 6.07) is 71.9. The molecule has 0 saturated carbocycles. The van der Waals surface area contributed by atoms with E-state index in [0.29, 0.717) is 0 Å². The third-order valence-corrected chi connectivity index (χ3v) is 10.3. The van der Waals surface area contributed by atoms with E-state index >= 15 is 0 Å². The molecule has 0 aliphatic rings. The summed E-state index contributed by atoms with van der Waals surface area (Å²) < 4.78 is 6.31. The number of hydrogen-bond acceptors (Lipinski definition) is 2. The van der Waals surface area contributed by atoms with Gasteiger partial charge in [0.15, 0.2) is 0 Å². The summed E-state index contributed by atoms with van der Waals surface area (Å²) in [6.07, 6.45) is 0. The minimum absolute atomic E-state index is 0.877. The lowest BCUT2D eigenvalue weighted by atomic mass is 9.87. The highest BCUT2D eigenvalue weighted by atomic mass is 16.3. The summed E-state index contributed by atoms with van der Waals surface area (Å²) in [5.41, 5.74) is 12.1. The van der Waals surface area contributed by atoms with Crippen molar-refractivity contribution in [1.29, 1.82) is 0 Å². The van der Waals surface area contributed by atoms with Gasteiger partial charge >= 0.3 is 0 Å². The Balaban J connectivity index is 1.29. The highest BCUT2D eigenvalue weighted by Crippen LogP contribution is 2.49. The van der Waals surface area contributed by atoms with Crippen LogP contribution in [-0.2, 0) is 0 Å². The van der Waals surface area contributed by atoms with Gasteiger partial charge in [-0.15, -0.1) is 0 Å². The first kappa shape index (κ1) is 30.0. The van der Waals surface area contributed by atoms with Crippen molar-refractivity contribution < 1.29 is 4.42 Å². The van der Waals surface area contributed by atoms with E-state index in [1.807, 2.05) is 12.1 Å². The van der Waals surface area contributed by atoms with Crippen LogP contribution in [0.4, 0.5) is 17.1 Å². The molecule has 0 radical (unpaired) electrons. The molecular weight excluding hydrogens is 631 g/mol. The van der Waals surface area contributed by atoms with E-state index in [4.69, 9.17) is 4.42 Å². The van der Waals surface area contributed by atoms with Gasteiger partial charge in [-0.25, -0.2) is 0 Å². The minimum atomic E-state index is 0.877. The molecule has 244 valence electrons. The van der Waals surface area contributed by atoms with E-state index in [2.05, 4.69) is 193 Å². The fraction of sp³-hybridized carbons (Fsp3) is 0. The second-order valence-corrected chi connectivity index (χ2v) is 13.3. The summed E-state index contributed by atoms with van der Waals surface area (Å²) in [5.74, 6) is 0. The Labute approximate surface area is 302 Å². The molecule has 10 rings (SSSR count). The van der Waals surface area contributed by atoms with Crippen LogP contribution >= 0.6 is 0 Å². The fourth-order valence-electron chi connectivity index (χ4n) is 7.86. The normalized spacial score (nSPS) is 11.5. The molecule has 2 nitrogen and oxygen atoms in total. The Morgan fingerprint density at radius 2 is 0.904 bits per heavy atom. The van der Waals surface area contributed by atoms with Gasteiger partial charge in [0.2, 0.25) is 0 Å². The lowest BCUT2D eigenvalue weighted by molar-refractivity contribution is 0.669. The molecule has 0 N–H and O–H groups in total. The van der Waals surface area contributed by atoms with Crippen LogP contribution in [0.15, 0.2) is 205 Å². The van der Waals surface area contributed by atoms with E-state index in [1.54, 1.807) is 0 Å². The highest BCUT2D eigenvalue weighted by molar-refractivity contribution is 6.10. The Morgan fingerprint density at radius 3 is 1.73 bits per heavy atom. The summed E-state index contributed by atoms with van der Waals surface area (Å²) in [4.78, 5) is 2.43. The second kappa shape index (κ2) is 12.5. The van der Waals surface area contributed by atoms with Crippen molar-refractivity contribution in [2.45, 2.75) is 0 Å². The van der Waals surface area contributed by atoms with Gasteiger partial charge in [0.25, 0.3) is 0 Å². The molecular formula is C50H33NO. The lowest BCUT2D eigenvalue weighted by Gasteiger charge is -2.30. The molecule has 0 atom stereocenters. The van der Waals surface area contributed by atoms with Crippen LogP contribution in [0.5, 0.6) is 0 Å². The Morgan fingerprint density at radius 1 is 0.327 bits per heavy atom. The number of para-hydroxylation sites is 1. The van der Waals surface area contributed by atoms with E-state index in [9.17, 15) is 0 Å². The minimum Gasteiger partial charge on any atom is -0.456 e. The van der Waals surface area contributed by atoms with Gasteiger partial charge in [-0.3, -0.25) is 0 Å². The maximum Gasteiger partial charge on any atom is 0.135 e. The van der Waals surface area contributed by atoms with Gasteiger partial charge in [0.05, 0.1) is 5.69 Å². The fourth-order valence-corrected chi connectivity index (χ4v) is 7.86. The number of anilines is 3. The average molecular weight is 664 g/mol. The van der Waals surface area contributed by atoms with Crippen molar-refractivity contribution in [3.8, 4) is 33.4 Å². The molecule has 0 saturated heterocycles. The van der Waals surface area contributed by atoms with Gasteiger partial charge in [-0.05, 0) is 91.8 Å². The maximum absolute atomic E-state index is 6.31. The molecule has 0 amide bonds. The standard InChI is InChI=1S/C50H33NO/c1-3-14-34(15-4-1)41-20-9-10-22-45(41)50-43(35-16-5-2-6-17-35)23-13-24-47(50)51(39-29-31-49-46(33-39)44-21-11-12-25-48(44)52-49)38-28-30-42-37(32-38)27-26-36-18-7-8-19-40(36)42/h1-33H. The first-order chi connectivity index (χ1) is 25.8. The summed E-state index contributed by atoms with van der Waals surface area (Å²) >= 11 is 0. The van der Waals surface area contributed by atoms with Gasteiger partial charge in [0, 0.05) is 27.7 Å². The summed E-state index contributed by atoms with van der Waals surface area (Å²) in [7, 11) is 0. The number of hydrogen-bond donors (Lipinski definition) is 0. The molecule has 0 aliphatic heterocycles. The quantitative estimate of drug-likeness (QED) is 0.165. The van der Waals surface area contributed by atoms with Gasteiger partial charge in [-0.2, -0.15) is 0 Å². The van der Waals surface area contributed by atoms with Crippen LogP contribution in [0.2, 0.25) is 0 Å². The van der Waals surface area contributed by atoms with Crippen LogP contribution in [0.25, 0.3) is 76.9 Å². The van der Waals surface area contributed by atoms with E-state index in [-0.39, 0.29) is 0 Å². The first-order valence-corrected chi connectivity index (χ1v) is 17.8. The molecule has 9 aromatic carbocycles. The number of fused-ring (bicyclic) bond motifs is 6. The average Bonchev–Trinajstić information content (AvgIpc) is 3.59. The smallest absolute Gasteiger partial charge is 0.135 e. The Kier molecular flexibility index (Phi) is 7.18. The SMILES string of the molecule is c1ccc(-c2ccccc2-c2c(-c3ccccc3)cccc2N(c2ccc3c(ccc4ccccc43)c2)c2ccc3oc4ccccc4c3c2)cc1. The molecule has 10 aromatic rings. The number of benzene rings is 9. The topological polar surface area (TPSA) is 16.4 Å². The lowest BCUT2D eigenvalue weighted by Crippen LogP contribution is -2.12. The highest BCUT2D eigenvalue weighted by Gasteiger charge is 2.23. The number of furan rings is 1. The summed E-state index contributed by atoms with van der Waals surface area (Å²) in [6.45, 7) is 0. The molecule has 0 bridgehead atoms. The molecule has 0 aliphatic carbocycles. The van der Waals surface area contributed by atoms with Crippen molar-refractivity contribution in [1.82, 2.24) is 0 Å². The van der Waals surface area contributed by atoms with Crippen LogP contribution < -0.4 is 4.90 Å². The van der Waals surface area contributed by atoms with Crippen molar-refractivity contribution in [3.63, 3.8) is 0 Å². The molecule has 1 aromatic heterocycles. The first-order valence-electron chi connectivity index (χ1n) is 17.8. The van der Waals surface area contributed by atoms with Crippen LogP contribution in [0, 0.1) is 0 Å². The van der Waals surface area contributed by atoms with Gasteiger partial charge < -0.3 is 9.32 Å². The third-order valence-electron chi connectivity index (χ3n) is 10.3. The van der Waals surface area contributed by atoms with Crippen LogP contribution in [0.1, 0.15) is 0 Å². The number of rotatable bonds is 6. The third kappa shape index (κ3) is 5.04. The monoisotopic (exact) mass is 663 g/mol. The van der Waals surface area contributed by atoms with Gasteiger partial charge in [0.1, 0.15) is 11.2 Å². The zero-order valence-electron chi connectivity index (χ0n) is 28.4. The largest absolute Gasteiger partial charge is 0.456 e. The van der Waals surface area contributed by atoms with Crippen LogP contribution in [-0.4, -0.2) is 0 Å². The van der Waals surface area contributed by atoms with E-state index < -0.39 is 0 Å². The van der Waals surface area contributed by atoms with E-state index in [1.165, 1.54) is 54.9 Å². The molecule has 0 spiro atoms. The molecule has 0 fully saturated rings. The summed E-state index contributed by atoms with van der Waals surface area (Å²) in [5, 5.41) is 7.14. The zero-order valence-corrected chi connectivity index (χ0v) is 28.4. The predicted molar refractivity (Wildman–Crippen MR) is 220 cm³/mol. The maximum atomic E-state index is 6.31. The predicted octanol–water partition coefficient (Wildman–Crippen LogP) is 14.4. The molecule has 2 heteroatoms. The van der Waals surface area contributed by atoms with Gasteiger partial charge in [-0.1, -0.05) is 158 Å². The Hall–Kier alpha value is -6.90. The zero-order chi connectivity index (χ0) is 34.4. The number of nitrogens with zero attached hydrogens (tertiary/aromatic N) is 1. The van der Waals surface area contributed by atoms with Crippen molar-refractivity contribution in [2.75, 3.05) is 4.90 Å². The molecule has 1 heterocycles. The Bertz CT molecular complexity index is 2910. The van der Waals surface area contributed by atoms with Crippen molar-refractivity contribution in [2.24, 2.45) is 0 Å². The molecule has 52 heavy (non-hydrogen) atoms. The van der Waals surface area contributed by atoms with E-state index in [0.717, 1.165) is 39.0 Å². The van der Waals surface area contributed by atoms with Crippen LogP contribution in [0.3, 0.4) is 0 Å². The van der Waals surface area contributed by atoms with Crippen molar-refractivity contribution in [3.05, 3.63) is 200 Å². The molecule has 0 unspecified atom stereocenters. The van der Waals surface area contributed by atoms with Crippen molar-refractivity contribution >= 4 is 60.5 Å². The second-order valence-electron chi connectivity index (χ2n) is 13.3.